The fourth-order valence-corrected chi connectivity index (χ4v) is 4.99. The van der Waals surface area contributed by atoms with Crippen molar-refractivity contribution in [2.75, 3.05) is 0 Å². The number of benzene rings is 1. The molecule has 0 unspecified atom stereocenters. The predicted molar refractivity (Wildman–Crippen MR) is 100.0 cm³/mol. The molecule has 26 heavy (non-hydrogen) atoms. The Kier molecular flexibility index (Phi) is 5.43. The Balaban J connectivity index is 1.96. The van der Waals surface area contributed by atoms with Gasteiger partial charge in [0.15, 0.2) is 0 Å². The number of H-pyrrole nitrogens is 1. The number of sulfonamides is 1. The molecule has 1 aromatic carbocycles. The molecule has 0 amide bonds. The summed E-state index contributed by atoms with van der Waals surface area (Å²) in [5.74, 6) is 1.06. The molecule has 8 heteroatoms. The molecule has 0 spiro atoms. The molecule has 0 aliphatic heterocycles. The second kappa shape index (κ2) is 7.44. The number of hydrogen-bond donors (Lipinski definition) is 2. The standard InChI is InChI=1S/C18H27N5O2S/c1-18(2,3)21-26(24,25)15-10-9-14(11-13-7-5-4-6-8-13)16(12-15)17-19-22-23-20-17/h9-10,12-13,21H,4-8,11H2,1-3H3,(H,19,20,22,23). The zero-order chi connectivity index (χ0) is 18.8. The van der Waals surface area contributed by atoms with E-state index >= 15 is 0 Å². The highest BCUT2D eigenvalue weighted by Crippen LogP contribution is 2.31. The van der Waals surface area contributed by atoms with Crippen LogP contribution in [0.1, 0.15) is 58.4 Å². The van der Waals surface area contributed by atoms with Gasteiger partial charge in [-0.1, -0.05) is 38.2 Å². The minimum absolute atomic E-state index is 0.222. The molecular formula is C18H27N5O2S. The Morgan fingerprint density at radius 3 is 2.54 bits per heavy atom. The monoisotopic (exact) mass is 377 g/mol. The summed E-state index contributed by atoms with van der Waals surface area (Å²) < 4.78 is 28.1. The summed E-state index contributed by atoms with van der Waals surface area (Å²) in [6.45, 7) is 5.46. The average molecular weight is 378 g/mol. The van der Waals surface area contributed by atoms with Gasteiger partial charge in [0, 0.05) is 11.1 Å². The highest BCUT2D eigenvalue weighted by atomic mass is 32.2. The zero-order valence-electron chi connectivity index (χ0n) is 15.6. The van der Waals surface area contributed by atoms with Gasteiger partial charge < -0.3 is 0 Å². The first-order valence-electron chi connectivity index (χ1n) is 9.15. The van der Waals surface area contributed by atoms with Gasteiger partial charge >= 0.3 is 0 Å². The molecule has 1 aromatic heterocycles. The number of tetrazole rings is 1. The fraction of sp³-hybridized carbons (Fsp3) is 0.611. The van der Waals surface area contributed by atoms with Crippen molar-refractivity contribution in [1.29, 1.82) is 0 Å². The summed E-state index contributed by atoms with van der Waals surface area (Å²) in [5, 5.41) is 14.2. The van der Waals surface area contributed by atoms with Crippen molar-refractivity contribution in [1.82, 2.24) is 25.3 Å². The molecule has 1 fully saturated rings. The highest BCUT2D eigenvalue weighted by Gasteiger charge is 2.24. The second-order valence-corrected chi connectivity index (χ2v) is 9.80. The summed E-state index contributed by atoms with van der Waals surface area (Å²) in [6.07, 6.45) is 7.20. The SMILES string of the molecule is CC(C)(C)NS(=O)(=O)c1ccc(CC2CCCCC2)c(-c2nn[nH]n2)c1. The van der Waals surface area contributed by atoms with E-state index in [-0.39, 0.29) is 4.90 Å². The van der Waals surface area contributed by atoms with Gasteiger partial charge in [-0.25, -0.2) is 13.1 Å². The summed E-state index contributed by atoms with van der Waals surface area (Å²) in [6, 6.07) is 5.24. The predicted octanol–water partition coefficient (Wildman–Crippen LogP) is 3.07. The molecular weight excluding hydrogens is 350 g/mol. The minimum atomic E-state index is -3.62. The Bertz CT molecular complexity index is 835. The molecule has 0 bridgehead atoms. The van der Waals surface area contributed by atoms with E-state index in [1.54, 1.807) is 12.1 Å². The Morgan fingerprint density at radius 2 is 1.92 bits per heavy atom. The van der Waals surface area contributed by atoms with Crippen LogP contribution in [0.3, 0.4) is 0 Å². The normalized spacial score (nSPS) is 16.7. The molecule has 2 N–H and O–H groups in total. The zero-order valence-corrected chi connectivity index (χ0v) is 16.4. The molecule has 0 saturated heterocycles. The Labute approximate surface area is 155 Å². The van der Waals surface area contributed by atoms with E-state index in [1.165, 1.54) is 32.1 Å². The van der Waals surface area contributed by atoms with Gasteiger partial charge in [0.2, 0.25) is 15.8 Å². The van der Waals surface area contributed by atoms with Crippen LogP contribution >= 0.6 is 0 Å². The lowest BCUT2D eigenvalue weighted by Crippen LogP contribution is -2.40. The van der Waals surface area contributed by atoms with Crippen LogP contribution in [0.25, 0.3) is 11.4 Å². The first-order valence-corrected chi connectivity index (χ1v) is 10.6. The van der Waals surface area contributed by atoms with Gasteiger partial charge in [-0.2, -0.15) is 5.21 Å². The number of hydrogen-bond acceptors (Lipinski definition) is 5. The van der Waals surface area contributed by atoms with Crippen LogP contribution in [-0.2, 0) is 16.4 Å². The molecule has 0 radical (unpaired) electrons. The van der Waals surface area contributed by atoms with Gasteiger partial charge in [0.25, 0.3) is 0 Å². The van der Waals surface area contributed by atoms with E-state index in [1.807, 2.05) is 26.8 Å². The van der Waals surface area contributed by atoms with Gasteiger partial charge in [0.1, 0.15) is 0 Å². The molecule has 0 atom stereocenters. The number of rotatable bonds is 5. The minimum Gasteiger partial charge on any atom is -0.207 e. The quantitative estimate of drug-likeness (QED) is 0.834. The number of aromatic amines is 1. The molecule has 1 aliphatic rings. The maximum Gasteiger partial charge on any atom is 0.241 e. The first-order chi connectivity index (χ1) is 12.2. The lowest BCUT2D eigenvalue weighted by Gasteiger charge is -2.23. The fourth-order valence-electron chi connectivity index (χ4n) is 3.55. The summed E-state index contributed by atoms with van der Waals surface area (Å²) in [5.41, 5.74) is 1.26. The molecule has 2 aromatic rings. The van der Waals surface area contributed by atoms with E-state index in [2.05, 4.69) is 25.3 Å². The lowest BCUT2D eigenvalue weighted by molar-refractivity contribution is 0.357. The molecule has 7 nitrogen and oxygen atoms in total. The molecule has 1 aliphatic carbocycles. The molecule has 3 rings (SSSR count). The van der Waals surface area contributed by atoms with E-state index in [9.17, 15) is 8.42 Å². The van der Waals surface area contributed by atoms with E-state index in [0.717, 1.165) is 17.5 Å². The summed E-state index contributed by atoms with van der Waals surface area (Å²) in [7, 11) is -3.62. The van der Waals surface area contributed by atoms with Crippen LogP contribution in [0.2, 0.25) is 0 Å². The number of aromatic nitrogens is 4. The highest BCUT2D eigenvalue weighted by molar-refractivity contribution is 7.89. The van der Waals surface area contributed by atoms with Gasteiger partial charge in [-0.05, 0) is 56.0 Å². The van der Waals surface area contributed by atoms with E-state index in [4.69, 9.17) is 0 Å². The average Bonchev–Trinajstić information content (AvgIpc) is 3.08. The van der Waals surface area contributed by atoms with Crippen molar-refractivity contribution in [2.24, 2.45) is 5.92 Å². The van der Waals surface area contributed by atoms with Crippen molar-refractivity contribution < 1.29 is 8.42 Å². The molecule has 142 valence electrons. The van der Waals surface area contributed by atoms with Crippen molar-refractivity contribution in [3.8, 4) is 11.4 Å². The Hall–Kier alpha value is -1.80. The van der Waals surface area contributed by atoms with Gasteiger partial charge in [-0.3, -0.25) is 0 Å². The van der Waals surface area contributed by atoms with Gasteiger partial charge in [-0.15, -0.1) is 10.2 Å². The van der Waals surface area contributed by atoms with Crippen LogP contribution in [0.4, 0.5) is 0 Å². The second-order valence-electron chi connectivity index (χ2n) is 8.12. The maximum absolute atomic E-state index is 12.7. The van der Waals surface area contributed by atoms with Crippen LogP contribution in [0.15, 0.2) is 23.1 Å². The van der Waals surface area contributed by atoms with Crippen molar-refractivity contribution >= 4 is 10.0 Å². The maximum atomic E-state index is 12.7. The van der Waals surface area contributed by atoms with E-state index in [0.29, 0.717) is 11.7 Å². The molecule has 1 heterocycles. The van der Waals surface area contributed by atoms with Gasteiger partial charge in [0.05, 0.1) is 4.90 Å². The summed E-state index contributed by atoms with van der Waals surface area (Å²) >= 11 is 0. The largest absolute Gasteiger partial charge is 0.241 e. The summed E-state index contributed by atoms with van der Waals surface area (Å²) in [4.78, 5) is 0.222. The third-order valence-corrected chi connectivity index (χ3v) is 6.41. The number of nitrogens with one attached hydrogen (secondary N) is 2. The van der Waals surface area contributed by atoms with Crippen molar-refractivity contribution in [2.45, 2.75) is 69.7 Å². The third-order valence-electron chi connectivity index (χ3n) is 4.65. The Morgan fingerprint density at radius 1 is 1.19 bits per heavy atom. The molecule has 1 saturated carbocycles. The van der Waals surface area contributed by atoms with E-state index < -0.39 is 15.6 Å². The van der Waals surface area contributed by atoms with Crippen molar-refractivity contribution in [3.05, 3.63) is 23.8 Å². The van der Waals surface area contributed by atoms with Crippen LogP contribution in [0, 0.1) is 5.92 Å². The smallest absolute Gasteiger partial charge is 0.207 e. The van der Waals surface area contributed by atoms with Crippen LogP contribution < -0.4 is 4.72 Å². The topological polar surface area (TPSA) is 101 Å². The number of nitrogens with zero attached hydrogens (tertiary/aromatic N) is 3. The first kappa shape index (κ1) is 19.0. The third kappa shape index (κ3) is 4.67. The van der Waals surface area contributed by atoms with Crippen LogP contribution in [-0.4, -0.2) is 34.6 Å². The van der Waals surface area contributed by atoms with Crippen LogP contribution in [0.5, 0.6) is 0 Å². The lowest BCUT2D eigenvalue weighted by atomic mass is 9.84. The van der Waals surface area contributed by atoms with Crippen molar-refractivity contribution in [3.63, 3.8) is 0 Å².